The number of thiophene rings is 1. The predicted molar refractivity (Wildman–Crippen MR) is 130 cm³/mol. The number of benzene rings is 2. The largest absolute Gasteiger partial charge is 0.350 e. The van der Waals surface area contributed by atoms with Crippen molar-refractivity contribution in [3.8, 4) is 0 Å². The first kappa shape index (κ1) is 20.5. The van der Waals surface area contributed by atoms with Gasteiger partial charge in [-0.15, -0.1) is 21.5 Å². The molecule has 0 aliphatic heterocycles. The number of rotatable bonds is 6. The second kappa shape index (κ2) is 8.35. The van der Waals surface area contributed by atoms with E-state index in [1.165, 1.54) is 22.2 Å². The lowest BCUT2D eigenvalue weighted by Gasteiger charge is -2.04. The first-order chi connectivity index (χ1) is 16.7. The van der Waals surface area contributed by atoms with E-state index in [0.717, 1.165) is 17.0 Å². The molecule has 0 radical (unpaired) electrons. The van der Waals surface area contributed by atoms with Crippen LogP contribution in [0.1, 0.15) is 21.9 Å². The highest BCUT2D eigenvalue weighted by Gasteiger charge is 2.18. The number of nitrogens with zero attached hydrogens (tertiary/aromatic N) is 5. The Kier molecular flexibility index (Phi) is 5.03. The van der Waals surface area contributed by atoms with Crippen LogP contribution in [-0.2, 0) is 13.0 Å². The van der Waals surface area contributed by atoms with Crippen LogP contribution in [0.5, 0.6) is 0 Å². The molecule has 0 saturated carbocycles. The van der Waals surface area contributed by atoms with Crippen LogP contribution in [0.15, 0.2) is 72.2 Å². The van der Waals surface area contributed by atoms with Crippen molar-refractivity contribution in [2.24, 2.45) is 0 Å². The van der Waals surface area contributed by atoms with Gasteiger partial charge in [-0.05, 0) is 64.9 Å². The third-order valence-corrected chi connectivity index (χ3v) is 6.69. The molecule has 6 aromatic rings. The SMILES string of the molecule is O=C(NCCc1nnc2ccccn12)c1nn(Cc2ccc3sccc3c2)c2ccc(F)cc12. The quantitative estimate of drug-likeness (QED) is 0.390. The summed E-state index contributed by atoms with van der Waals surface area (Å²) in [5.41, 5.74) is 2.73. The fraction of sp³-hybridized carbons (Fsp3) is 0.120. The Bertz CT molecular complexity index is 1670. The summed E-state index contributed by atoms with van der Waals surface area (Å²) in [6.07, 6.45) is 2.39. The Balaban J connectivity index is 1.25. The van der Waals surface area contributed by atoms with E-state index < -0.39 is 5.82 Å². The van der Waals surface area contributed by atoms with Gasteiger partial charge in [0.2, 0.25) is 0 Å². The number of hydrogen-bond acceptors (Lipinski definition) is 5. The van der Waals surface area contributed by atoms with Crippen molar-refractivity contribution >= 4 is 43.9 Å². The number of nitrogens with one attached hydrogen (secondary N) is 1. The van der Waals surface area contributed by atoms with Crippen LogP contribution >= 0.6 is 11.3 Å². The molecule has 4 aromatic heterocycles. The van der Waals surface area contributed by atoms with Crippen molar-refractivity contribution in [2.45, 2.75) is 13.0 Å². The van der Waals surface area contributed by atoms with Gasteiger partial charge in [-0.1, -0.05) is 12.1 Å². The summed E-state index contributed by atoms with van der Waals surface area (Å²) in [6.45, 7) is 0.833. The van der Waals surface area contributed by atoms with E-state index in [9.17, 15) is 9.18 Å². The maximum absolute atomic E-state index is 14.1. The topological polar surface area (TPSA) is 77.1 Å². The monoisotopic (exact) mass is 470 g/mol. The molecule has 6 rings (SSSR count). The molecule has 0 saturated heterocycles. The standard InChI is InChI=1S/C25H19FN6OS/c26-18-5-6-20-19(14-18)24(30-32(20)15-16-4-7-21-17(13-16)9-12-34-21)25(33)27-10-8-23-29-28-22-3-1-2-11-31(22)23/h1-7,9,11-14H,8,10,15H2,(H,27,33). The molecule has 0 spiro atoms. The summed E-state index contributed by atoms with van der Waals surface area (Å²) < 4.78 is 18.9. The van der Waals surface area contributed by atoms with E-state index in [1.54, 1.807) is 22.1 Å². The minimum atomic E-state index is -0.407. The zero-order valence-electron chi connectivity index (χ0n) is 18.0. The maximum Gasteiger partial charge on any atom is 0.272 e. The summed E-state index contributed by atoms with van der Waals surface area (Å²) in [4.78, 5) is 13.0. The summed E-state index contributed by atoms with van der Waals surface area (Å²) in [6, 6.07) is 18.4. The van der Waals surface area contributed by atoms with Gasteiger partial charge in [-0.2, -0.15) is 5.10 Å². The molecule has 0 bridgehead atoms. The van der Waals surface area contributed by atoms with Crippen LogP contribution in [0.2, 0.25) is 0 Å². The smallest absolute Gasteiger partial charge is 0.272 e. The van der Waals surface area contributed by atoms with E-state index in [1.807, 2.05) is 28.8 Å². The van der Waals surface area contributed by atoms with Crippen molar-refractivity contribution in [1.82, 2.24) is 29.7 Å². The average molecular weight is 471 g/mol. The van der Waals surface area contributed by atoms with E-state index >= 15 is 0 Å². The van der Waals surface area contributed by atoms with Gasteiger partial charge in [0.25, 0.3) is 5.91 Å². The fourth-order valence-corrected chi connectivity index (χ4v) is 4.93. The number of halogens is 1. The molecule has 0 aliphatic carbocycles. The highest BCUT2D eigenvalue weighted by molar-refractivity contribution is 7.17. The van der Waals surface area contributed by atoms with Crippen molar-refractivity contribution in [1.29, 1.82) is 0 Å². The van der Waals surface area contributed by atoms with E-state index in [4.69, 9.17) is 0 Å². The van der Waals surface area contributed by atoms with Gasteiger partial charge in [-0.3, -0.25) is 13.9 Å². The number of carbonyl (C=O) groups excluding carboxylic acids is 1. The summed E-state index contributed by atoms with van der Waals surface area (Å²) in [5.74, 6) is -0.00617. The van der Waals surface area contributed by atoms with E-state index in [2.05, 4.69) is 50.3 Å². The van der Waals surface area contributed by atoms with Gasteiger partial charge in [0, 0.05) is 29.2 Å². The first-order valence-corrected chi connectivity index (χ1v) is 11.7. The Morgan fingerprint density at radius 3 is 2.94 bits per heavy atom. The van der Waals surface area contributed by atoms with Crippen molar-refractivity contribution < 1.29 is 9.18 Å². The summed E-state index contributed by atoms with van der Waals surface area (Å²) in [7, 11) is 0. The predicted octanol–water partition coefficient (Wildman–Crippen LogP) is 4.45. The number of hydrogen-bond donors (Lipinski definition) is 1. The lowest BCUT2D eigenvalue weighted by Crippen LogP contribution is -2.27. The molecular weight excluding hydrogens is 451 g/mol. The van der Waals surface area contributed by atoms with Crippen molar-refractivity contribution in [3.63, 3.8) is 0 Å². The molecule has 168 valence electrons. The molecule has 34 heavy (non-hydrogen) atoms. The van der Waals surface area contributed by atoms with Crippen LogP contribution in [0.4, 0.5) is 4.39 Å². The Morgan fingerprint density at radius 1 is 1.06 bits per heavy atom. The van der Waals surface area contributed by atoms with Gasteiger partial charge in [-0.25, -0.2) is 4.39 Å². The van der Waals surface area contributed by atoms with Gasteiger partial charge in [0.15, 0.2) is 11.3 Å². The third kappa shape index (κ3) is 3.69. The number of carbonyl (C=O) groups is 1. The highest BCUT2D eigenvalue weighted by Crippen LogP contribution is 2.24. The minimum absolute atomic E-state index is 0.206. The summed E-state index contributed by atoms with van der Waals surface area (Å²) >= 11 is 1.69. The lowest BCUT2D eigenvalue weighted by molar-refractivity contribution is 0.0949. The molecule has 1 amide bonds. The summed E-state index contributed by atoms with van der Waals surface area (Å²) in [5, 5.41) is 19.5. The Hall–Kier alpha value is -4.11. The number of aromatic nitrogens is 5. The minimum Gasteiger partial charge on any atom is -0.350 e. The molecular formula is C25H19FN6OS. The third-order valence-electron chi connectivity index (χ3n) is 5.80. The number of fused-ring (bicyclic) bond motifs is 3. The van der Waals surface area contributed by atoms with Gasteiger partial charge >= 0.3 is 0 Å². The molecule has 0 atom stereocenters. The van der Waals surface area contributed by atoms with Crippen molar-refractivity contribution in [3.05, 3.63) is 95.1 Å². The van der Waals surface area contributed by atoms with Crippen LogP contribution in [-0.4, -0.2) is 36.8 Å². The van der Waals surface area contributed by atoms with Gasteiger partial charge in [0.1, 0.15) is 11.6 Å². The number of amides is 1. The Morgan fingerprint density at radius 2 is 2.00 bits per heavy atom. The highest BCUT2D eigenvalue weighted by atomic mass is 32.1. The van der Waals surface area contributed by atoms with Crippen LogP contribution in [0.25, 0.3) is 26.6 Å². The zero-order valence-corrected chi connectivity index (χ0v) is 18.8. The molecule has 0 unspecified atom stereocenters. The molecule has 9 heteroatoms. The maximum atomic E-state index is 14.1. The van der Waals surface area contributed by atoms with E-state index in [-0.39, 0.29) is 11.6 Å². The molecule has 0 fully saturated rings. The second-order valence-electron chi connectivity index (χ2n) is 8.01. The Labute approximate surface area is 197 Å². The molecule has 2 aromatic carbocycles. The fourth-order valence-electron chi connectivity index (χ4n) is 4.16. The number of pyridine rings is 1. The van der Waals surface area contributed by atoms with E-state index in [0.29, 0.717) is 30.4 Å². The van der Waals surface area contributed by atoms with Gasteiger partial charge in [0.05, 0.1) is 12.1 Å². The van der Waals surface area contributed by atoms with Gasteiger partial charge < -0.3 is 5.32 Å². The molecule has 7 nitrogen and oxygen atoms in total. The zero-order chi connectivity index (χ0) is 23.1. The molecule has 0 aliphatic rings. The second-order valence-corrected chi connectivity index (χ2v) is 8.96. The van der Waals surface area contributed by atoms with Crippen LogP contribution in [0.3, 0.4) is 0 Å². The van der Waals surface area contributed by atoms with Crippen molar-refractivity contribution in [2.75, 3.05) is 6.54 Å². The molecule has 1 N–H and O–H groups in total. The first-order valence-electron chi connectivity index (χ1n) is 10.8. The lowest BCUT2D eigenvalue weighted by atomic mass is 10.1. The van der Waals surface area contributed by atoms with Crippen LogP contribution < -0.4 is 5.32 Å². The molecule has 4 heterocycles. The normalized spacial score (nSPS) is 11.6. The van der Waals surface area contributed by atoms with Crippen LogP contribution in [0, 0.1) is 5.82 Å². The average Bonchev–Trinajstić information content (AvgIpc) is 3.56.